The van der Waals surface area contributed by atoms with Crippen molar-refractivity contribution in [2.75, 3.05) is 0 Å². The van der Waals surface area contributed by atoms with E-state index in [1.165, 1.54) is 12.1 Å². The minimum Gasteiger partial charge on any atom is -0.359 e. The number of benzene rings is 1. The molecule has 0 saturated heterocycles. The third-order valence-electron chi connectivity index (χ3n) is 2.14. The number of nitrogens with one attached hydrogen (secondary N) is 1. The van der Waals surface area contributed by atoms with E-state index in [0.29, 0.717) is 5.52 Å². The second kappa shape index (κ2) is 3.04. The van der Waals surface area contributed by atoms with Crippen LogP contribution in [0.4, 0.5) is 13.2 Å². The number of aromatic nitrogens is 1. The number of fused-ring (bicyclic) bond motifs is 1. The number of hydrogen-bond acceptors (Lipinski definition) is 0. The highest BCUT2D eigenvalue weighted by molar-refractivity contribution is 5.84. The molecule has 0 amide bonds. The van der Waals surface area contributed by atoms with Crippen LogP contribution < -0.4 is 0 Å². The van der Waals surface area contributed by atoms with E-state index in [0.717, 1.165) is 11.8 Å². The molecule has 74 valence electrons. The molecule has 14 heavy (non-hydrogen) atoms. The Balaban J connectivity index is 2.82. The van der Waals surface area contributed by atoms with Gasteiger partial charge in [-0.15, -0.1) is 0 Å². The molecule has 0 spiro atoms. The normalized spacial score (nSPS) is 11.5. The summed E-state index contributed by atoms with van der Waals surface area (Å²) < 4.78 is 38.1. The predicted molar refractivity (Wildman–Crippen MR) is 48.0 cm³/mol. The van der Waals surface area contributed by atoms with Crippen LogP contribution in [0.25, 0.3) is 10.9 Å². The molecule has 4 heteroatoms. The van der Waals surface area contributed by atoms with Crippen LogP contribution in [0.3, 0.4) is 0 Å². The average Bonchev–Trinajstić information content (AvgIpc) is 2.43. The monoisotopic (exact) mass is 199 g/mol. The van der Waals surface area contributed by atoms with E-state index in [1.807, 2.05) is 0 Å². The van der Waals surface area contributed by atoms with Crippen molar-refractivity contribution in [3.8, 4) is 0 Å². The van der Waals surface area contributed by atoms with Gasteiger partial charge in [-0.2, -0.15) is 0 Å². The van der Waals surface area contributed by atoms with Crippen LogP contribution in [0.2, 0.25) is 0 Å². The van der Waals surface area contributed by atoms with Crippen molar-refractivity contribution >= 4 is 10.9 Å². The Kier molecular flexibility index (Phi) is 1.98. The van der Waals surface area contributed by atoms with E-state index < -0.39 is 17.8 Å². The van der Waals surface area contributed by atoms with E-state index in [4.69, 9.17) is 0 Å². The first-order valence-corrected chi connectivity index (χ1v) is 4.15. The molecule has 0 bridgehead atoms. The quantitative estimate of drug-likeness (QED) is 0.722. The Morgan fingerprint density at radius 3 is 2.64 bits per heavy atom. The van der Waals surface area contributed by atoms with Crippen molar-refractivity contribution in [1.29, 1.82) is 0 Å². The Bertz CT molecular complexity index is 473. The van der Waals surface area contributed by atoms with Crippen molar-refractivity contribution in [2.24, 2.45) is 0 Å². The molecular weight excluding hydrogens is 191 g/mol. The summed E-state index contributed by atoms with van der Waals surface area (Å²) in [4.78, 5) is 2.88. The second-order valence-electron chi connectivity index (χ2n) is 3.18. The fourth-order valence-electron chi connectivity index (χ4n) is 1.56. The van der Waals surface area contributed by atoms with Gasteiger partial charge in [-0.05, 0) is 25.1 Å². The lowest BCUT2D eigenvalue weighted by Crippen LogP contribution is -1.90. The van der Waals surface area contributed by atoms with E-state index in [-0.39, 0.29) is 5.39 Å². The minimum absolute atomic E-state index is 0.262. The highest BCUT2D eigenvalue weighted by Gasteiger charge is 2.17. The lowest BCUT2D eigenvalue weighted by Gasteiger charge is -2.02. The molecule has 0 fully saturated rings. The molecule has 1 aromatic heterocycles. The van der Waals surface area contributed by atoms with E-state index >= 15 is 0 Å². The largest absolute Gasteiger partial charge is 0.359 e. The summed E-state index contributed by atoms with van der Waals surface area (Å²) >= 11 is 0. The summed E-state index contributed by atoms with van der Waals surface area (Å²) in [6, 6.07) is 4.04. The molecule has 1 N–H and O–H groups in total. The Morgan fingerprint density at radius 2 is 2.00 bits per heavy atom. The highest BCUT2D eigenvalue weighted by Crippen LogP contribution is 2.30. The number of aromatic amines is 1. The van der Waals surface area contributed by atoms with Gasteiger partial charge in [0, 0.05) is 16.6 Å². The van der Waals surface area contributed by atoms with Crippen molar-refractivity contribution in [1.82, 2.24) is 4.98 Å². The summed E-state index contributed by atoms with van der Waals surface area (Å²) in [5.74, 6) is -0.855. The van der Waals surface area contributed by atoms with Crippen LogP contribution >= 0.6 is 0 Å². The molecule has 1 aromatic carbocycles. The molecule has 0 aliphatic carbocycles. The molecule has 1 heterocycles. The molecule has 0 unspecified atom stereocenters. The highest BCUT2D eigenvalue weighted by atomic mass is 19.3. The first kappa shape index (κ1) is 9.12. The van der Waals surface area contributed by atoms with Gasteiger partial charge in [0.15, 0.2) is 0 Å². The zero-order chi connectivity index (χ0) is 10.3. The van der Waals surface area contributed by atoms with E-state index in [2.05, 4.69) is 4.98 Å². The summed E-state index contributed by atoms with van der Waals surface area (Å²) in [7, 11) is 0. The van der Waals surface area contributed by atoms with Crippen molar-refractivity contribution < 1.29 is 13.2 Å². The molecule has 0 radical (unpaired) electrons. The van der Waals surface area contributed by atoms with Gasteiger partial charge < -0.3 is 4.98 Å². The summed E-state index contributed by atoms with van der Waals surface area (Å²) in [6.07, 6.45) is -2.78. The maximum Gasteiger partial charge on any atom is 0.267 e. The van der Waals surface area contributed by atoms with Crippen molar-refractivity contribution in [2.45, 2.75) is 13.3 Å². The van der Waals surface area contributed by atoms with Gasteiger partial charge in [0.1, 0.15) is 5.82 Å². The molecule has 0 aliphatic heterocycles. The third kappa shape index (κ3) is 1.27. The lowest BCUT2D eigenvalue weighted by molar-refractivity contribution is 0.148. The first-order chi connectivity index (χ1) is 6.59. The van der Waals surface area contributed by atoms with Crippen molar-refractivity contribution in [3.05, 3.63) is 35.3 Å². The fraction of sp³-hybridized carbons (Fsp3) is 0.200. The minimum atomic E-state index is -2.78. The number of H-pyrrole nitrogens is 1. The molecule has 0 atom stereocenters. The topological polar surface area (TPSA) is 15.8 Å². The zero-order valence-electron chi connectivity index (χ0n) is 7.44. The maximum atomic E-state index is 13.1. The third-order valence-corrected chi connectivity index (χ3v) is 2.14. The van der Waals surface area contributed by atoms with Gasteiger partial charge in [-0.1, -0.05) is 0 Å². The molecule has 0 saturated carbocycles. The SMILES string of the molecule is Cc1cc2c(C(F)F)c(F)ccc2[nH]1. The van der Waals surface area contributed by atoms with Crippen LogP contribution in [0.15, 0.2) is 18.2 Å². The Labute approximate surface area is 78.5 Å². The number of alkyl halides is 2. The number of aryl methyl sites for hydroxylation is 1. The smallest absolute Gasteiger partial charge is 0.267 e. The number of hydrogen-bond donors (Lipinski definition) is 1. The standard InChI is InChI=1S/C10H8F3N/c1-5-4-6-8(14-5)3-2-7(11)9(6)10(12)13/h2-4,10,14H,1H3. The molecule has 1 nitrogen and oxygen atoms in total. The van der Waals surface area contributed by atoms with Gasteiger partial charge in [0.25, 0.3) is 6.43 Å². The number of rotatable bonds is 1. The van der Waals surface area contributed by atoms with Crippen LogP contribution in [0, 0.1) is 12.7 Å². The fourth-order valence-corrected chi connectivity index (χ4v) is 1.56. The first-order valence-electron chi connectivity index (χ1n) is 4.15. The lowest BCUT2D eigenvalue weighted by atomic mass is 10.1. The van der Waals surface area contributed by atoms with Gasteiger partial charge >= 0.3 is 0 Å². The predicted octanol–water partition coefficient (Wildman–Crippen LogP) is 3.55. The second-order valence-corrected chi connectivity index (χ2v) is 3.18. The van der Waals surface area contributed by atoms with E-state index in [9.17, 15) is 13.2 Å². The Morgan fingerprint density at radius 1 is 1.29 bits per heavy atom. The average molecular weight is 199 g/mol. The van der Waals surface area contributed by atoms with Crippen LogP contribution in [0.1, 0.15) is 17.7 Å². The van der Waals surface area contributed by atoms with E-state index in [1.54, 1.807) is 6.92 Å². The van der Waals surface area contributed by atoms with Crippen LogP contribution in [-0.2, 0) is 0 Å². The molecule has 0 aliphatic rings. The molecular formula is C10H8F3N. The van der Waals surface area contributed by atoms with Gasteiger partial charge in [-0.25, -0.2) is 13.2 Å². The Hall–Kier alpha value is -1.45. The number of halogens is 3. The zero-order valence-corrected chi connectivity index (χ0v) is 7.44. The maximum absolute atomic E-state index is 13.1. The molecule has 2 rings (SSSR count). The van der Waals surface area contributed by atoms with Crippen LogP contribution in [0.5, 0.6) is 0 Å². The summed E-state index contributed by atoms with van der Waals surface area (Å²) in [6.45, 7) is 1.74. The molecule has 2 aromatic rings. The van der Waals surface area contributed by atoms with Gasteiger partial charge in [0.2, 0.25) is 0 Å². The summed E-state index contributed by atoms with van der Waals surface area (Å²) in [5.41, 5.74) is 0.763. The summed E-state index contributed by atoms with van der Waals surface area (Å²) in [5, 5.41) is 0.262. The van der Waals surface area contributed by atoms with Crippen molar-refractivity contribution in [3.63, 3.8) is 0 Å². The van der Waals surface area contributed by atoms with Crippen LogP contribution in [-0.4, -0.2) is 4.98 Å². The van der Waals surface area contributed by atoms with Gasteiger partial charge in [-0.3, -0.25) is 0 Å². The van der Waals surface area contributed by atoms with Gasteiger partial charge in [0.05, 0.1) is 5.56 Å².